The van der Waals surface area contributed by atoms with Crippen LogP contribution in [0.25, 0.3) is 5.69 Å². The molecule has 0 aliphatic carbocycles. The first-order valence-electron chi connectivity index (χ1n) is 5.76. The molecule has 0 fully saturated rings. The number of H-pyrrole nitrogens is 1. The van der Waals surface area contributed by atoms with Crippen LogP contribution in [0.4, 0.5) is 0 Å². The van der Waals surface area contributed by atoms with Gasteiger partial charge in [0.15, 0.2) is 0 Å². The minimum absolute atomic E-state index is 0.0591. The number of halogens is 1. The summed E-state index contributed by atoms with van der Waals surface area (Å²) in [7, 11) is 1.82. The van der Waals surface area contributed by atoms with Crippen molar-refractivity contribution in [1.29, 1.82) is 0 Å². The van der Waals surface area contributed by atoms with Crippen LogP contribution in [0, 0.1) is 13.8 Å². The smallest absolute Gasteiger partial charge is 0.269 e. The van der Waals surface area contributed by atoms with Gasteiger partial charge in [0.25, 0.3) is 5.56 Å². The summed E-state index contributed by atoms with van der Waals surface area (Å²) in [5.41, 5.74) is 3.58. The molecule has 0 bridgehead atoms. The molecule has 5 heteroatoms. The van der Waals surface area contributed by atoms with Crippen LogP contribution in [0.5, 0.6) is 0 Å². The van der Waals surface area contributed by atoms with Crippen molar-refractivity contribution in [1.82, 2.24) is 15.1 Å². The second-order valence-electron chi connectivity index (χ2n) is 4.30. The van der Waals surface area contributed by atoms with Gasteiger partial charge in [0.05, 0.1) is 11.3 Å². The molecule has 0 aliphatic heterocycles. The Hall–Kier alpha value is -1.52. The van der Waals surface area contributed by atoms with E-state index in [9.17, 15) is 4.79 Å². The van der Waals surface area contributed by atoms with Gasteiger partial charge < -0.3 is 5.32 Å². The number of aromatic nitrogens is 2. The minimum Gasteiger partial charge on any atom is -0.315 e. The van der Waals surface area contributed by atoms with Gasteiger partial charge in [0.1, 0.15) is 0 Å². The molecule has 0 saturated heterocycles. The van der Waals surface area contributed by atoms with E-state index in [4.69, 9.17) is 11.6 Å². The van der Waals surface area contributed by atoms with Crippen molar-refractivity contribution in [2.75, 3.05) is 7.05 Å². The van der Waals surface area contributed by atoms with Crippen LogP contribution in [0.3, 0.4) is 0 Å². The maximum Gasteiger partial charge on any atom is 0.269 e. The van der Waals surface area contributed by atoms with Gasteiger partial charge in [-0.15, -0.1) is 0 Å². The largest absolute Gasteiger partial charge is 0.315 e. The number of nitrogens with zero attached hydrogens (tertiary/aromatic N) is 1. The zero-order chi connectivity index (χ0) is 13.3. The SMILES string of the molecule is CNCc1c(C)n(-c2ccc(Cl)cc2C)[nH]c1=O. The normalized spacial score (nSPS) is 10.9. The number of rotatable bonds is 3. The summed E-state index contributed by atoms with van der Waals surface area (Å²) >= 11 is 5.94. The molecule has 96 valence electrons. The fourth-order valence-corrected chi connectivity index (χ4v) is 2.27. The summed E-state index contributed by atoms with van der Waals surface area (Å²) in [6.45, 7) is 4.45. The Morgan fingerprint density at radius 1 is 1.39 bits per heavy atom. The first kappa shape index (κ1) is 12.9. The van der Waals surface area contributed by atoms with Crippen LogP contribution < -0.4 is 10.9 Å². The van der Waals surface area contributed by atoms with Gasteiger partial charge in [0, 0.05) is 17.3 Å². The zero-order valence-corrected chi connectivity index (χ0v) is 11.4. The van der Waals surface area contributed by atoms with E-state index < -0.39 is 0 Å². The van der Waals surface area contributed by atoms with Crippen molar-refractivity contribution >= 4 is 11.6 Å². The van der Waals surface area contributed by atoms with Gasteiger partial charge in [-0.2, -0.15) is 0 Å². The lowest BCUT2D eigenvalue weighted by molar-refractivity contribution is 0.800. The molecule has 0 saturated carbocycles. The number of aryl methyl sites for hydroxylation is 1. The van der Waals surface area contributed by atoms with Crippen LogP contribution in [-0.4, -0.2) is 16.8 Å². The zero-order valence-electron chi connectivity index (χ0n) is 10.7. The number of hydrogen-bond acceptors (Lipinski definition) is 2. The van der Waals surface area contributed by atoms with Crippen molar-refractivity contribution < 1.29 is 0 Å². The van der Waals surface area contributed by atoms with Crippen LogP contribution in [0.15, 0.2) is 23.0 Å². The fraction of sp³-hybridized carbons (Fsp3) is 0.308. The molecular formula is C13H16ClN3O. The van der Waals surface area contributed by atoms with Crippen LogP contribution in [0.1, 0.15) is 16.8 Å². The maximum absolute atomic E-state index is 11.9. The second kappa shape index (κ2) is 5.00. The molecule has 4 nitrogen and oxygen atoms in total. The lowest BCUT2D eigenvalue weighted by atomic mass is 10.2. The molecule has 18 heavy (non-hydrogen) atoms. The van der Waals surface area contributed by atoms with E-state index in [1.165, 1.54) is 0 Å². The third-order valence-electron chi connectivity index (χ3n) is 3.01. The Morgan fingerprint density at radius 3 is 2.72 bits per heavy atom. The third kappa shape index (κ3) is 2.21. The highest BCUT2D eigenvalue weighted by Crippen LogP contribution is 2.19. The molecular weight excluding hydrogens is 250 g/mol. The quantitative estimate of drug-likeness (QED) is 0.894. The Kier molecular flexibility index (Phi) is 3.59. The molecule has 2 aromatic rings. The summed E-state index contributed by atoms with van der Waals surface area (Å²) in [6, 6.07) is 5.61. The van der Waals surface area contributed by atoms with Gasteiger partial charge in [-0.3, -0.25) is 14.6 Å². The summed E-state index contributed by atoms with van der Waals surface area (Å²) in [5, 5.41) is 6.55. The summed E-state index contributed by atoms with van der Waals surface area (Å²) < 4.78 is 1.81. The van der Waals surface area contributed by atoms with Crippen LogP contribution in [0.2, 0.25) is 5.02 Å². The van der Waals surface area contributed by atoms with Crippen molar-refractivity contribution in [2.24, 2.45) is 0 Å². The van der Waals surface area contributed by atoms with Crippen LogP contribution >= 0.6 is 11.6 Å². The van der Waals surface area contributed by atoms with Crippen molar-refractivity contribution in [3.63, 3.8) is 0 Å². The van der Waals surface area contributed by atoms with Gasteiger partial charge in [0.2, 0.25) is 0 Å². The predicted molar refractivity (Wildman–Crippen MR) is 73.6 cm³/mol. The van der Waals surface area contributed by atoms with Gasteiger partial charge in [-0.1, -0.05) is 11.6 Å². The fourth-order valence-electron chi connectivity index (χ4n) is 2.05. The first-order valence-corrected chi connectivity index (χ1v) is 6.14. The number of hydrogen-bond donors (Lipinski definition) is 2. The molecule has 1 aromatic heterocycles. The molecule has 0 spiro atoms. The van der Waals surface area contributed by atoms with E-state index in [1.807, 2.05) is 39.1 Å². The summed E-state index contributed by atoms with van der Waals surface area (Å²) in [5.74, 6) is 0. The number of aromatic amines is 1. The van der Waals surface area contributed by atoms with E-state index in [-0.39, 0.29) is 5.56 Å². The molecule has 1 heterocycles. The number of nitrogens with one attached hydrogen (secondary N) is 2. The van der Waals surface area contributed by atoms with Crippen LogP contribution in [-0.2, 0) is 6.54 Å². The highest BCUT2D eigenvalue weighted by Gasteiger charge is 2.12. The lowest BCUT2D eigenvalue weighted by Gasteiger charge is -2.09. The third-order valence-corrected chi connectivity index (χ3v) is 3.25. The number of benzene rings is 1. The molecule has 0 radical (unpaired) electrons. The van der Waals surface area contributed by atoms with Gasteiger partial charge >= 0.3 is 0 Å². The first-order chi connectivity index (χ1) is 8.54. The molecule has 2 rings (SSSR count). The van der Waals surface area contributed by atoms with E-state index in [0.29, 0.717) is 11.6 Å². The predicted octanol–water partition coefficient (Wildman–Crippen LogP) is 2.16. The van der Waals surface area contributed by atoms with Crippen molar-refractivity contribution in [2.45, 2.75) is 20.4 Å². The van der Waals surface area contributed by atoms with E-state index >= 15 is 0 Å². The highest BCUT2D eigenvalue weighted by atomic mass is 35.5. The molecule has 0 aliphatic rings. The summed E-state index contributed by atoms with van der Waals surface area (Å²) in [4.78, 5) is 11.9. The molecule has 2 N–H and O–H groups in total. The van der Waals surface area contributed by atoms with E-state index in [0.717, 1.165) is 22.5 Å². The van der Waals surface area contributed by atoms with Gasteiger partial charge in [-0.05, 0) is 44.7 Å². The second-order valence-corrected chi connectivity index (χ2v) is 4.74. The highest BCUT2D eigenvalue weighted by molar-refractivity contribution is 6.30. The molecule has 0 atom stereocenters. The lowest BCUT2D eigenvalue weighted by Crippen LogP contribution is -2.14. The average Bonchev–Trinajstić information content (AvgIpc) is 2.58. The molecule has 1 aromatic carbocycles. The average molecular weight is 266 g/mol. The van der Waals surface area contributed by atoms with Gasteiger partial charge in [-0.25, -0.2) is 0 Å². The monoisotopic (exact) mass is 265 g/mol. The topological polar surface area (TPSA) is 49.8 Å². The van der Waals surface area contributed by atoms with E-state index in [2.05, 4.69) is 10.4 Å². The summed E-state index contributed by atoms with van der Waals surface area (Å²) in [6.07, 6.45) is 0. The Bertz CT molecular complexity index is 628. The molecule has 0 unspecified atom stereocenters. The van der Waals surface area contributed by atoms with Crippen molar-refractivity contribution in [3.05, 3.63) is 50.4 Å². The Labute approximate surface area is 111 Å². The Balaban J connectivity index is 2.58. The van der Waals surface area contributed by atoms with E-state index in [1.54, 1.807) is 4.68 Å². The van der Waals surface area contributed by atoms with Crippen molar-refractivity contribution in [3.8, 4) is 5.69 Å². The standard InChI is InChI=1S/C13H16ClN3O/c1-8-6-10(14)4-5-12(8)17-9(2)11(7-15-3)13(18)16-17/h4-6,15H,7H2,1-3H3,(H,16,18). The Morgan fingerprint density at radius 2 is 2.11 bits per heavy atom. The maximum atomic E-state index is 11.9. The minimum atomic E-state index is -0.0591. The molecule has 0 amide bonds.